The molecule has 47 heavy (non-hydrogen) atoms. The van der Waals surface area contributed by atoms with Crippen LogP contribution in [0.1, 0.15) is 75.5 Å². The van der Waals surface area contributed by atoms with Gasteiger partial charge in [-0.05, 0) is 40.9 Å². The van der Waals surface area contributed by atoms with Crippen molar-refractivity contribution in [3.8, 4) is 22.3 Å². The summed E-state index contributed by atoms with van der Waals surface area (Å²) >= 11 is -0.826. The van der Waals surface area contributed by atoms with Crippen LogP contribution in [0.4, 0.5) is 0 Å². The van der Waals surface area contributed by atoms with E-state index in [0.717, 1.165) is 15.4 Å². The van der Waals surface area contributed by atoms with Gasteiger partial charge in [-0.3, -0.25) is 0 Å². The number of aryl methyl sites for hydroxylation is 1. The molecule has 0 aliphatic heterocycles. The zero-order valence-electron chi connectivity index (χ0n) is 28.8. The third-order valence-electron chi connectivity index (χ3n) is 8.89. The molecule has 0 N–H and O–H groups in total. The second-order valence-electron chi connectivity index (χ2n) is 13.5. The molecular formula is C43H48Cl2SiZr. The number of fused-ring (bicyclic) bond motifs is 2. The van der Waals surface area contributed by atoms with Crippen molar-refractivity contribution < 1.29 is 20.8 Å². The molecule has 0 aromatic heterocycles. The molecule has 0 bridgehead atoms. The SMILES string of the molecule is CC(C)(C)c1ccc(-c2cccc3[cH-]c(C4CCCCC4)cc23)cc1.C[Si]C.Cc1cc2c(-c3ccccc3)cccc2[cH-]1.[Cl][Zr+2][Cl]. The summed E-state index contributed by atoms with van der Waals surface area (Å²) in [6.07, 6.45) is 6.95. The Labute approximate surface area is 305 Å². The first-order valence-electron chi connectivity index (χ1n) is 16.8. The van der Waals surface area contributed by atoms with Crippen molar-refractivity contribution >= 4 is 48.1 Å². The van der Waals surface area contributed by atoms with Crippen LogP contribution in [0.15, 0.2) is 115 Å². The van der Waals surface area contributed by atoms with Crippen LogP contribution in [0.2, 0.25) is 13.1 Å². The average Bonchev–Trinajstić information content (AvgIpc) is 3.69. The number of rotatable bonds is 3. The van der Waals surface area contributed by atoms with Crippen molar-refractivity contribution in [2.75, 3.05) is 0 Å². The minimum atomic E-state index is -0.826. The van der Waals surface area contributed by atoms with Gasteiger partial charge in [-0.1, -0.05) is 138 Å². The molecule has 0 atom stereocenters. The van der Waals surface area contributed by atoms with Crippen molar-refractivity contribution in [2.45, 2.75) is 84.2 Å². The molecule has 1 aliphatic rings. The number of halogens is 2. The van der Waals surface area contributed by atoms with E-state index in [1.54, 1.807) is 5.56 Å². The predicted octanol–water partition coefficient (Wildman–Crippen LogP) is 14.3. The molecule has 0 heterocycles. The fourth-order valence-corrected chi connectivity index (χ4v) is 6.59. The molecule has 0 unspecified atom stereocenters. The fourth-order valence-electron chi connectivity index (χ4n) is 6.59. The van der Waals surface area contributed by atoms with Crippen molar-refractivity contribution in [2.24, 2.45) is 0 Å². The van der Waals surface area contributed by atoms with E-state index in [2.05, 4.69) is 156 Å². The first-order chi connectivity index (χ1) is 22.7. The van der Waals surface area contributed by atoms with E-state index >= 15 is 0 Å². The standard InChI is InChI=1S/C25H29.C16H13.C2H6Si.2ClH.Zr/c1-25(2,3)22-14-12-19(13-15-22)23-11-7-10-20-16-21(17-24(20)23)18-8-5-4-6-9-18;1-12-10-14-8-5-9-15(16(14)11-12)13-6-3-2-4-7-13;1-3-2;;;/h7,10-18H,4-6,8-9H2,1-3H3;2-11H,1H3;1-2H3;2*1H;/q2*-1;;;;+4/p-2. The van der Waals surface area contributed by atoms with Gasteiger partial charge in [0.2, 0.25) is 0 Å². The van der Waals surface area contributed by atoms with Crippen molar-refractivity contribution in [1.82, 2.24) is 0 Å². The quantitative estimate of drug-likeness (QED) is 0.125. The molecule has 1 fully saturated rings. The number of hydrogen-bond donors (Lipinski definition) is 0. The van der Waals surface area contributed by atoms with Gasteiger partial charge in [-0.2, -0.15) is 12.1 Å². The van der Waals surface area contributed by atoms with Crippen LogP contribution in [-0.4, -0.2) is 9.52 Å². The van der Waals surface area contributed by atoms with Crippen molar-refractivity contribution in [1.29, 1.82) is 0 Å². The van der Waals surface area contributed by atoms with Gasteiger partial charge < -0.3 is 0 Å². The number of benzene rings is 4. The van der Waals surface area contributed by atoms with Crippen LogP contribution in [0, 0.1) is 6.92 Å². The summed E-state index contributed by atoms with van der Waals surface area (Å²) in [4.78, 5) is 0. The van der Waals surface area contributed by atoms with Gasteiger partial charge >= 0.3 is 37.9 Å². The van der Waals surface area contributed by atoms with Gasteiger partial charge in [0.15, 0.2) is 0 Å². The van der Waals surface area contributed by atoms with Crippen LogP contribution < -0.4 is 0 Å². The van der Waals surface area contributed by atoms with Gasteiger partial charge in [0.25, 0.3) is 0 Å². The zero-order valence-corrected chi connectivity index (χ0v) is 33.8. The second-order valence-corrected chi connectivity index (χ2v) is 18.3. The third-order valence-corrected chi connectivity index (χ3v) is 8.89. The molecule has 242 valence electrons. The van der Waals surface area contributed by atoms with Crippen LogP contribution >= 0.6 is 17.0 Å². The maximum atomic E-state index is 4.93. The molecular weight excluding hydrogens is 707 g/mol. The summed E-state index contributed by atoms with van der Waals surface area (Å²) in [7, 11) is 11.0. The molecule has 6 aromatic carbocycles. The van der Waals surface area contributed by atoms with Gasteiger partial charge in [0, 0.05) is 9.52 Å². The Balaban J connectivity index is 0.000000194. The van der Waals surface area contributed by atoms with E-state index in [-0.39, 0.29) is 5.41 Å². The molecule has 0 amide bonds. The van der Waals surface area contributed by atoms with Crippen LogP contribution in [0.3, 0.4) is 0 Å². The zero-order chi connectivity index (χ0) is 33.8. The molecule has 0 spiro atoms. The van der Waals surface area contributed by atoms with Crippen LogP contribution in [0.5, 0.6) is 0 Å². The Bertz CT molecular complexity index is 1780. The Morgan fingerprint density at radius 3 is 1.72 bits per heavy atom. The van der Waals surface area contributed by atoms with E-state index in [9.17, 15) is 0 Å². The van der Waals surface area contributed by atoms with E-state index in [1.165, 1.54) is 87.0 Å². The van der Waals surface area contributed by atoms with Gasteiger partial charge in [-0.15, -0.1) is 69.1 Å². The predicted molar refractivity (Wildman–Crippen MR) is 208 cm³/mol. The van der Waals surface area contributed by atoms with Crippen molar-refractivity contribution in [3.63, 3.8) is 0 Å². The van der Waals surface area contributed by atoms with Crippen molar-refractivity contribution in [3.05, 3.63) is 132 Å². The molecule has 7 rings (SSSR count). The van der Waals surface area contributed by atoms with E-state index in [4.69, 9.17) is 17.0 Å². The summed E-state index contributed by atoms with van der Waals surface area (Å²) in [5, 5.41) is 5.51. The van der Waals surface area contributed by atoms with Crippen LogP contribution in [-0.2, 0) is 26.3 Å². The van der Waals surface area contributed by atoms with Gasteiger partial charge in [-0.25, -0.2) is 0 Å². The molecule has 0 nitrogen and oxygen atoms in total. The first kappa shape index (κ1) is 37.6. The summed E-state index contributed by atoms with van der Waals surface area (Å²) in [5.74, 6) is 0.775. The molecule has 6 aromatic rings. The molecule has 1 saturated carbocycles. The maximum absolute atomic E-state index is 4.93. The van der Waals surface area contributed by atoms with Crippen LogP contribution in [0.25, 0.3) is 43.8 Å². The molecule has 1 aliphatic carbocycles. The van der Waals surface area contributed by atoms with Gasteiger partial charge in [0.1, 0.15) is 0 Å². The third kappa shape index (κ3) is 10.4. The second kappa shape index (κ2) is 18.5. The van der Waals surface area contributed by atoms with E-state index in [0.29, 0.717) is 0 Å². The van der Waals surface area contributed by atoms with Gasteiger partial charge in [0.05, 0.1) is 0 Å². The average molecular weight is 755 g/mol. The summed E-state index contributed by atoms with van der Waals surface area (Å²) in [5.41, 5.74) is 9.82. The normalized spacial score (nSPS) is 13.0. The Kier molecular flexibility index (Phi) is 14.8. The summed E-state index contributed by atoms with van der Waals surface area (Å²) < 4.78 is 0. The van der Waals surface area contributed by atoms with E-state index < -0.39 is 20.8 Å². The van der Waals surface area contributed by atoms with E-state index in [1.807, 2.05) is 0 Å². The Morgan fingerprint density at radius 1 is 0.660 bits per heavy atom. The topological polar surface area (TPSA) is 0 Å². The molecule has 0 saturated heterocycles. The monoisotopic (exact) mass is 752 g/mol. The minimum absolute atomic E-state index is 0.207. The Morgan fingerprint density at radius 2 is 1.17 bits per heavy atom. The molecule has 2 radical (unpaired) electrons. The number of hydrogen-bond acceptors (Lipinski definition) is 0. The first-order valence-corrected chi connectivity index (χ1v) is 25.1. The summed E-state index contributed by atoms with van der Waals surface area (Å²) in [6, 6.07) is 42.4. The molecule has 4 heteroatoms. The summed E-state index contributed by atoms with van der Waals surface area (Å²) in [6.45, 7) is 13.3. The fraction of sp³-hybridized carbons (Fsp3) is 0.302. The Hall–Kier alpha value is -2.22.